The summed E-state index contributed by atoms with van der Waals surface area (Å²) in [5.41, 5.74) is 3.40. The Morgan fingerprint density at radius 1 is 1.17 bits per heavy atom. The highest BCUT2D eigenvalue weighted by Gasteiger charge is 2.25. The van der Waals surface area contributed by atoms with Crippen molar-refractivity contribution in [2.75, 3.05) is 13.2 Å². The third kappa shape index (κ3) is 3.68. The van der Waals surface area contributed by atoms with Crippen molar-refractivity contribution in [3.8, 4) is 5.75 Å². The Labute approximate surface area is 143 Å². The van der Waals surface area contributed by atoms with E-state index in [1.165, 1.54) is 0 Å². The number of hydrogen-bond donors (Lipinski definition) is 0. The number of carbonyl (C=O) groups excluding carboxylic acids is 1. The predicted molar refractivity (Wildman–Crippen MR) is 95.0 cm³/mol. The molecular weight excluding hydrogens is 300 g/mol. The SMILES string of the molecule is Cc1ccccc1C(=O)c1cc(C(C)(C)C)ccc1OCC1CO1. The highest BCUT2D eigenvalue weighted by atomic mass is 16.6. The van der Waals surface area contributed by atoms with Crippen LogP contribution in [0.15, 0.2) is 42.5 Å². The molecule has 1 unspecified atom stereocenters. The lowest BCUT2D eigenvalue weighted by Crippen LogP contribution is -2.15. The zero-order valence-corrected chi connectivity index (χ0v) is 14.8. The summed E-state index contributed by atoms with van der Waals surface area (Å²) in [5.74, 6) is 0.637. The smallest absolute Gasteiger partial charge is 0.197 e. The van der Waals surface area contributed by atoms with E-state index < -0.39 is 0 Å². The Morgan fingerprint density at radius 3 is 2.50 bits per heavy atom. The van der Waals surface area contributed by atoms with Gasteiger partial charge in [-0.05, 0) is 35.6 Å². The molecule has 1 fully saturated rings. The molecule has 1 aliphatic heterocycles. The van der Waals surface area contributed by atoms with Gasteiger partial charge in [0.05, 0.1) is 12.2 Å². The average Bonchev–Trinajstić information content (AvgIpc) is 3.36. The summed E-state index contributed by atoms with van der Waals surface area (Å²) < 4.78 is 11.1. The summed E-state index contributed by atoms with van der Waals surface area (Å²) >= 11 is 0. The lowest BCUT2D eigenvalue weighted by molar-refractivity contribution is 0.103. The first-order valence-electron chi connectivity index (χ1n) is 8.35. The maximum Gasteiger partial charge on any atom is 0.197 e. The van der Waals surface area contributed by atoms with Crippen molar-refractivity contribution in [2.45, 2.75) is 39.2 Å². The van der Waals surface area contributed by atoms with Crippen molar-refractivity contribution in [1.82, 2.24) is 0 Å². The fraction of sp³-hybridized carbons (Fsp3) is 0.381. The van der Waals surface area contributed by atoms with Gasteiger partial charge in [0, 0.05) is 5.56 Å². The molecule has 0 N–H and O–H groups in total. The van der Waals surface area contributed by atoms with Gasteiger partial charge >= 0.3 is 0 Å². The van der Waals surface area contributed by atoms with Gasteiger partial charge in [-0.25, -0.2) is 0 Å². The molecule has 0 amide bonds. The molecule has 0 saturated carbocycles. The van der Waals surface area contributed by atoms with Crippen LogP contribution in [0.25, 0.3) is 0 Å². The number of benzene rings is 2. The number of rotatable bonds is 5. The third-order valence-electron chi connectivity index (χ3n) is 4.31. The van der Waals surface area contributed by atoms with Crippen LogP contribution in [0.2, 0.25) is 0 Å². The molecule has 0 aromatic heterocycles. The molecule has 1 atom stereocenters. The minimum Gasteiger partial charge on any atom is -0.490 e. The first-order valence-corrected chi connectivity index (χ1v) is 8.35. The number of ketones is 1. The Morgan fingerprint density at radius 2 is 1.88 bits per heavy atom. The molecule has 126 valence electrons. The summed E-state index contributed by atoms with van der Waals surface area (Å²) in [6.45, 7) is 9.61. The second kappa shape index (κ2) is 6.40. The first kappa shape index (κ1) is 16.7. The minimum absolute atomic E-state index is 0.00548. The second-order valence-electron chi connectivity index (χ2n) is 7.37. The molecule has 3 heteroatoms. The van der Waals surface area contributed by atoms with Crippen LogP contribution in [0.4, 0.5) is 0 Å². The molecule has 3 rings (SSSR count). The summed E-state index contributed by atoms with van der Waals surface area (Å²) in [4.78, 5) is 13.1. The molecule has 0 radical (unpaired) electrons. The fourth-order valence-corrected chi connectivity index (χ4v) is 2.62. The minimum atomic E-state index is -0.0289. The maximum atomic E-state index is 13.1. The molecule has 0 bridgehead atoms. The van der Waals surface area contributed by atoms with E-state index in [-0.39, 0.29) is 17.3 Å². The Bertz CT molecular complexity index is 752. The van der Waals surface area contributed by atoms with E-state index in [1.54, 1.807) is 0 Å². The molecule has 1 heterocycles. The lowest BCUT2D eigenvalue weighted by atomic mass is 9.85. The summed E-state index contributed by atoms with van der Waals surface area (Å²) in [7, 11) is 0. The highest BCUT2D eigenvalue weighted by Crippen LogP contribution is 2.30. The zero-order chi connectivity index (χ0) is 17.3. The number of aryl methyl sites for hydroxylation is 1. The molecule has 24 heavy (non-hydrogen) atoms. The van der Waals surface area contributed by atoms with Crippen molar-refractivity contribution >= 4 is 5.78 Å². The number of carbonyl (C=O) groups is 1. The van der Waals surface area contributed by atoms with Crippen molar-refractivity contribution in [3.63, 3.8) is 0 Å². The van der Waals surface area contributed by atoms with Crippen molar-refractivity contribution in [3.05, 3.63) is 64.7 Å². The van der Waals surface area contributed by atoms with Gasteiger partial charge in [0.2, 0.25) is 0 Å². The van der Waals surface area contributed by atoms with Crippen LogP contribution in [0.5, 0.6) is 5.75 Å². The van der Waals surface area contributed by atoms with E-state index in [0.29, 0.717) is 17.9 Å². The van der Waals surface area contributed by atoms with E-state index in [0.717, 1.165) is 23.3 Å². The molecule has 0 aliphatic carbocycles. The second-order valence-corrected chi connectivity index (χ2v) is 7.37. The van der Waals surface area contributed by atoms with Crippen LogP contribution in [-0.4, -0.2) is 25.1 Å². The van der Waals surface area contributed by atoms with Crippen LogP contribution in [-0.2, 0) is 10.2 Å². The molecule has 2 aromatic rings. The van der Waals surface area contributed by atoms with Crippen molar-refractivity contribution < 1.29 is 14.3 Å². The van der Waals surface area contributed by atoms with E-state index in [9.17, 15) is 4.79 Å². The average molecular weight is 324 g/mol. The monoisotopic (exact) mass is 324 g/mol. The highest BCUT2D eigenvalue weighted by molar-refractivity contribution is 6.11. The topological polar surface area (TPSA) is 38.8 Å². The predicted octanol–water partition coefficient (Wildman–Crippen LogP) is 4.30. The first-order chi connectivity index (χ1) is 11.4. The van der Waals surface area contributed by atoms with Gasteiger partial charge < -0.3 is 9.47 Å². The van der Waals surface area contributed by atoms with Crippen LogP contribution >= 0.6 is 0 Å². The summed E-state index contributed by atoms with van der Waals surface area (Å²) in [5, 5.41) is 0. The van der Waals surface area contributed by atoms with Gasteiger partial charge in [-0.3, -0.25) is 4.79 Å². The van der Waals surface area contributed by atoms with Crippen LogP contribution in [0, 0.1) is 6.92 Å². The van der Waals surface area contributed by atoms with Crippen molar-refractivity contribution in [1.29, 1.82) is 0 Å². The van der Waals surface area contributed by atoms with Crippen molar-refractivity contribution in [2.24, 2.45) is 0 Å². The maximum absolute atomic E-state index is 13.1. The normalized spacial score (nSPS) is 16.8. The Balaban J connectivity index is 2.00. The number of epoxide rings is 1. The molecule has 3 nitrogen and oxygen atoms in total. The third-order valence-corrected chi connectivity index (χ3v) is 4.31. The number of hydrogen-bond acceptors (Lipinski definition) is 3. The van der Waals surface area contributed by atoms with Gasteiger partial charge in [-0.2, -0.15) is 0 Å². The van der Waals surface area contributed by atoms with E-state index in [1.807, 2.05) is 49.4 Å². The van der Waals surface area contributed by atoms with Crippen LogP contribution in [0.3, 0.4) is 0 Å². The zero-order valence-electron chi connectivity index (χ0n) is 14.8. The van der Waals surface area contributed by atoms with Crippen LogP contribution < -0.4 is 4.74 Å². The van der Waals surface area contributed by atoms with Gasteiger partial charge in [-0.15, -0.1) is 0 Å². The van der Waals surface area contributed by atoms with Gasteiger partial charge in [0.1, 0.15) is 18.5 Å². The summed E-state index contributed by atoms with van der Waals surface area (Å²) in [6, 6.07) is 13.6. The largest absolute Gasteiger partial charge is 0.490 e. The quantitative estimate of drug-likeness (QED) is 0.608. The Kier molecular flexibility index (Phi) is 4.46. The molecule has 2 aromatic carbocycles. The van der Waals surface area contributed by atoms with Gasteiger partial charge in [-0.1, -0.05) is 51.1 Å². The van der Waals surface area contributed by atoms with Gasteiger partial charge in [0.15, 0.2) is 5.78 Å². The van der Waals surface area contributed by atoms with E-state index in [4.69, 9.17) is 9.47 Å². The lowest BCUT2D eigenvalue weighted by Gasteiger charge is -2.21. The molecule has 0 spiro atoms. The number of ether oxygens (including phenoxy) is 2. The standard InChI is InChI=1S/C21H24O3/c1-14-7-5-6-8-17(14)20(22)18-11-15(21(2,3)4)9-10-19(18)24-13-16-12-23-16/h5-11,16H,12-13H2,1-4H3. The van der Waals surface area contributed by atoms with Crippen LogP contribution in [0.1, 0.15) is 47.8 Å². The molecule has 1 aliphatic rings. The van der Waals surface area contributed by atoms with Gasteiger partial charge in [0.25, 0.3) is 0 Å². The summed E-state index contributed by atoms with van der Waals surface area (Å²) in [6.07, 6.45) is 0.161. The molecule has 1 saturated heterocycles. The fourth-order valence-electron chi connectivity index (χ4n) is 2.62. The molecular formula is C21H24O3. The Hall–Kier alpha value is -2.13. The van der Waals surface area contributed by atoms with E-state index >= 15 is 0 Å². The van der Waals surface area contributed by atoms with E-state index in [2.05, 4.69) is 20.8 Å².